The van der Waals surface area contributed by atoms with Crippen LogP contribution >= 0.6 is 0 Å². The van der Waals surface area contributed by atoms with Crippen LogP contribution in [-0.4, -0.2) is 30.2 Å². The first kappa shape index (κ1) is 24.7. The van der Waals surface area contributed by atoms with Crippen molar-refractivity contribution in [1.29, 1.82) is 0 Å². The lowest BCUT2D eigenvalue weighted by molar-refractivity contribution is -0.301. The van der Waals surface area contributed by atoms with Crippen LogP contribution in [0, 0.1) is 6.92 Å². The number of nitrogens with zero attached hydrogens (tertiary/aromatic N) is 1. The highest BCUT2D eigenvalue weighted by molar-refractivity contribution is 5.89. The molecule has 0 fully saturated rings. The molecule has 0 atom stereocenters. The van der Waals surface area contributed by atoms with E-state index >= 15 is 0 Å². The minimum absolute atomic E-state index is 0.384. The van der Waals surface area contributed by atoms with Crippen molar-refractivity contribution in [3.8, 4) is 11.4 Å². The fourth-order valence-electron chi connectivity index (χ4n) is 3.37. The average Bonchev–Trinajstić information content (AvgIpc) is 3.06. The van der Waals surface area contributed by atoms with E-state index in [4.69, 9.17) is 4.74 Å². The predicted molar refractivity (Wildman–Crippen MR) is 120 cm³/mol. The lowest BCUT2D eigenvalue weighted by Gasteiger charge is -2.09. The van der Waals surface area contributed by atoms with E-state index in [9.17, 15) is 19.8 Å². The molecule has 0 aliphatic carbocycles. The van der Waals surface area contributed by atoms with Gasteiger partial charge in [0.05, 0.1) is 24.6 Å². The summed E-state index contributed by atoms with van der Waals surface area (Å²) in [5, 5.41) is 23.7. The number of carbonyl (C=O) groups is 2. The van der Waals surface area contributed by atoms with E-state index in [0.717, 1.165) is 18.8 Å². The first-order valence-electron chi connectivity index (χ1n) is 10.4. The number of ether oxygens (including phenoxy) is 1. The van der Waals surface area contributed by atoms with Crippen molar-refractivity contribution in [1.82, 2.24) is 9.88 Å². The van der Waals surface area contributed by atoms with Crippen molar-refractivity contribution in [2.75, 3.05) is 13.7 Å². The van der Waals surface area contributed by atoms with Gasteiger partial charge in [-0.05, 0) is 67.9 Å². The zero-order chi connectivity index (χ0) is 23.5. The number of carboxylic acids is 2. The molecule has 3 rings (SSSR count). The molecule has 0 aliphatic heterocycles. The number of hydrogen-bond donors (Lipinski definition) is 1. The number of benzene rings is 2. The fraction of sp³-hybridized carbons (Fsp3) is 0.280. The van der Waals surface area contributed by atoms with Crippen LogP contribution in [0.15, 0.2) is 60.7 Å². The summed E-state index contributed by atoms with van der Waals surface area (Å²) >= 11 is 0. The van der Waals surface area contributed by atoms with Crippen molar-refractivity contribution in [3.05, 3.63) is 71.9 Å². The summed E-state index contributed by atoms with van der Waals surface area (Å²) in [6.45, 7) is 6.36. The Hall–Kier alpha value is -3.58. The number of hydrogen-bond acceptors (Lipinski definition) is 6. The highest BCUT2D eigenvalue weighted by Gasteiger charge is 2.15. The Balaban J connectivity index is 0.000000390. The normalized spacial score (nSPS) is 10.7. The zero-order valence-corrected chi connectivity index (χ0v) is 18.6. The lowest BCUT2D eigenvalue weighted by Crippen LogP contribution is -2.23. The number of aliphatic carboxylic acids is 2. The summed E-state index contributed by atoms with van der Waals surface area (Å²) in [4.78, 5) is 18.8. The Morgan fingerprint density at radius 2 is 1.72 bits per heavy atom. The molecule has 7 heteroatoms. The molecule has 7 nitrogen and oxygen atoms in total. The van der Waals surface area contributed by atoms with Crippen LogP contribution < -0.4 is 20.3 Å². The summed E-state index contributed by atoms with van der Waals surface area (Å²) < 4.78 is 7.78. The van der Waals surface area contributed by atoms with Crippen LogP contribution in [0.1, 0.15) is 31.0 Å². The molecule has 0 amide bonds. The summed E-state index contributed by atoms with van der Waals surface area (Å²) in [6, 6.07) is 16.9. The van der Waals surface area contributed by atoms with Gasteiger partial charge in [-0.25, -0.2) is 0 Å². The molecule has 1 aromatic heterocycles. The number of rotatable bonds is 9. The Kier molecular flexibility index (Phi) is 9.50. The number of para-hydroxylation sites is 1. The Morgan fingerprint density at radius 3 is 2.28 bits per heavy atom. The third-order valence-corrected chi connectivity index (χ3v) is 4.92. The van der Waals surface area contributed by atoms with Crippen LogP contribution in [0.25, 0.3) is 16.6 Å². The molecule has 0 saturated heterocycles. The number of unbranched alkanes of at least 4 members (excludes halogenated alkanes) is 1. The van der Waals surface area contributed by atoms with Crippen LogP contribution in [0.2, 0.25) is 0 Å². The molecule has 32 heavy (non-hydrogen) atoms. The lowest BCUT2D eigenvalue weighted by atomic mass is 10.1. The Morgan fingerprint density at radius 1 is 1.06 bits per heavy atom. The molecule has 3 aromatic rings. The SMILES string of the molecule is CCCCNCc1c(C)n(-c2ccccc2)c2ccc(OC)cc12.O=C([O-])/C=C\C(=O)[O-]. The topological polar surface area (TPSA) is 106 Å². The molecule has 0 radical (unpaired) electrons. The number of aromatic nitrogens is 1. The van der Waals surface area contributed by atoms with Gasteiger partial charge in [-0.15, -0.1) is 0 Å². The summed E-state index contributed by atoms with van der Waals surface area (Å²) in [7, 11) is 1.72. The van der Waals surface area contributed by atoms with Crippen LogP contribution in [0.4, 0.5) is 0 Å². The van der Waals surface area contributed by atoms with Gasteiger partial charge in [-0.2, -0.15) is 0 Å². The maximum absolute atomic E-state index is 9.41. The molecule has 0 aliphatic rings. The van der Waals surface area contributed by atoms with Gasteiger partial charge in [0, 0.05) is 23.3 Å². The van der Waals surface area contributed by atoms with Gasteiger partial charge in [0.2, 0.25) is 0 Å². The van der Waals surface area contributed by atoms with Crippen LogP contribution in [0.5, 0.6) is 5.75 Å². The second-order valence-corrected chi connectivity index (χ2v) is 7.12. The molecule has 170 valence electrons. The highest BCUT2D eigenvalue weighted by Crippen LogP contribution is 2.31. The van der Waals surface area contributed by atoms with E-state index in [1.165, 1.54) is 40.7 Å². The molecule has 1 heterocycles. The van der Waals surface area contributed by atoms with Gasteiger partial charge in [-0.1, -0.05) is 31.5 Å². The van der Waals surface area contributed by atoms with E-state index in [0.29, 0.717) is 12.2 Å². The van der Waals surface area contributed by atoms with E-state index < -0.39 is 11.9 Å². The van der Waals surface area contributed by atoms with Crippen LogP contribution in [0.3, 0.4) is 0 Å². The van der Waals surface area contributed by atoms with Gasteiger partial charge >= 0.3 is 0 Å². The number of carboxylic acid groups (broad SMARTS) is 2. The van der Waals surface area contributed by atoms with Crippen molar-refractivity contribution in [3.63, 3.8) is 0 Å². The predicted octanol–water partition coefficient (Wildman–Crippen LogP) is 1.88. The number of nitrogens with one attached hydrogen (secondary N) is 1. The van der Waals surface area contributed by atoms with Gasteiger partial charge in [0.1, 0.15) is 5.75 Å². The van der Waals surface area contributed by atoms with Crippen LogP contribution in [-0.2, 0) is 16.1 Å². The maximum Gasteiger partial charge on any atom is 0.119 e. The van der Waals surface area contributed by atoms with Crippen molar-refractivity contribution in [2.45, 2.75) is 33.2 Å². The second kappa shape index (κ2) is 12.3. The smallest absolute Gasteiger partial charge is 0.119 e. The van der Waals surface area contributed by atoms with E-state index in [1.54, 1.807) is 7.11 Å². The van der Waals surface area contributed by atoms with Crippen molar-refractivity contribution in [2.24, 2.45) is 0 Å². The second-order valence-electron chi connectivity index (χ2n) is 7.12. The zero-order valence-electron chi connectivity index (χ0n) is 18.6. The number of fused-ring (bicyclic) bond motifs is 1. The Labute approximate surface area is 187 Å². The standard InChI is InChI=1S/C21H26N2O.C4H4O4/c1-4-5-13-22-15-20-16(2)23(17-9-7-6-8-10-17)21-12-11-18(24-3)14-19(20)21;5-3(6)1-2-4(7)8/h6-12,14,22H,4-5,13,15H2,1-3H3;1-2H,(H,5,6)(H,7,8)/p-2/b;2-1-. The molecule has 0 spiro atoms. The van der Waals surface area contributed by atoms with Crippen molar-refractivity contribution < 1.29 is 24.5 Å². The molecule has 0 unspecified atom stereocenters. The van der Waals surface area contributed by atoms with Crippen molar-refractivity contribution >= 4 is 22.8 Å². The monoisotopic (exact) mass is 436 g/mol. The summed E-state index contributed by atoms with van der Waals surface area (Å²) in [6.07, 6.45) is 3.19. The first-order chi connectivity index (χ1) is 15.4. The van der Waals surface area contributed by atoms with Gasteiger partial charge in [-0.3, -0.25) is 0 Å². The fourth-order valence-corrected chi connectivity index (χ4v) is 3.37. The largest absolute Gasteiger partial charge is 0.545 e. The van der Waals surface area contributed by atoms with Gasteiger partial charge in [0.15, 0.2) is 0 Å². The average molecular weight is 437 g/mol. The van der Waals surface area contributed by atoms with Gasteiger partial charge in [0.25, 0.3) is 0 Å². The molecule has 2 aromatic carbocycles. The minimum atomic E-state index is -1.55. The van der Waals surface area contributed by atoms with E-state index in [2.05, 4.69) is 66.2 Å². The minimum Gasteiger partial charge on any atom is -0.545 e. The molecule has 1 N–H and O–H groups in total. The quantitative estimate of drug-likeness (QED) is 0.405. The third kappa shape index (κ3) is 6.72. The van der Waals surface area contributed by atoms with E-state index in [1.807, 2.05) is 6.07 Å². The Bertz CT molecular complexity index is 1050. The molecular formula is C25H28N2O5-2. The van der Waals surface area contributed by atoms with E-state index in [-0.39, 0.29) is 0 Å². The molecule has 0 saturated carbocycles. The highest BCUT2D eigenvalue weighted by atomic mass is 16.5. The molecule has 0 bridgehead atoms. The molecular weight excluding hydrogens is 408 g/mol. The maximum atomic E-state index is 9.41. The summed E-state index contributed by atoms with van der Waals surface area (Å²) in [5.74, 6) is -2.19. The number of methoxy groups -OCH3 is 1. The first-order valence-corrected chi connectivity index (χ1v) is 10.4. The third-order valence-electron chi connectivity index (χ3n) is 4.92. The number of carbonyl (C=O) groups excluding carboxylic acids is 2. The summed E-state index contributed by atoms with van der Waals surface area (Å²) in [5.41, 5.74) is 5.06. The van der Waals surface area contributed by atoms with Gasteiger partial charge < -0.3 is 34.4 Å².